The number of para-hydroxylation sites is 1. The largest absolute Gasteiger partial charge is 0.507 e. The fourth-order valence-corrected chi connectivity index (χ4v) is 6.79. The van der Waals surface area contributed by atoms with Crippen LogP contribution in [0.25, 0.3) is 6.08 Å². The van der Waals surface area contributed by atoms with Crippen molar-refractivity contribution in [3.05, 3.63) is 75.3 Å². The third-order valence-electron chi connectivity index (χ3n) is 8.10. The number of nitrogens with zero attached hydrogens (tertiary/aromatic N) is 1. The van der Waals surface area contributed by atoms with Crippen LogP contribution in [-0.2, 0) is 14.3 Å². The molecule has 1 N–H and O–H groups in total. The van der Waals surface area contributed by atoms with Crippen LogP contribution in [0.2, 0.25) is 0 Å². The van der Waals surface area contributed by atoms with Gasteiger partial charge in [0.05, 0.1) is 30.2 Å². The van der Waals surface area contributed by atoms with Crippen molar-refractivity contribution in [1.29, 1.82) is 0 Å². The van der Waals surface area contributed by atoms with Gasteiger partial charge in [0.2, 0.25) is 11.8 Å². The van der Waals surface area contributed by atoms with E-state index in [2.05, 4.69) is 35.9 Å². The van der Waals surface area contributed by atoms with E-state index in [-0.39, 0.29) is 41.4 Å². The Morgan fingerprint density at radius 3 is 2.59 bits per heavy atom. The van der Waals surface area contributed by atoms with Gasteiger partial charge in [-0.25, -0.2) is 0 Å². The SMILES string of the molecule is CCC/C(=C\c1cc(Br)ccc1O)CC[C@H]1OC[C@H]2C1=C(CC)C[C@H]1C(=O)N(c3ccccc3)C(=O)[C@H]12. The van der Waals surface area contributed by atoms with Gasteiger partial charge in [-0.05, 0) is 68.0 Å². The second kappa shape index (κ2) is 11.0. The molecule has 2 saturated heterocycles. The van der Waals surface area contributed by atoms with Crippen LogP contribution in [0.4, 0.5) is 5.69 Å². The van der Waals surface area contributed by atoms with Crippen LogP contribution >= 0.6 is 15.9 Å². The molecule has 2 fully saturated rings. The lowest BCUT2D eigenvalue weighted by Crippen LogP contribution is -2.34. The number of anilines is 1. The topological polar surface area (TPSA) is 66.8 Å². The van der Waals surface area contributed by atoms with Crippen LogP contribution in [0.3, 0.4) is 0 Å². The number of allylic oxidation sites excluding steroid dienone is 2. The molecule has 37 heavy (non-hydrogen) atoms. The van der Waals surface area contributed by atoms with Crippen LogP contribution in [0.5, 0.6) is 5.75 Å². The van der Waals surface area contributed by atoms with E-state index < -0.39 is 0 Å². The molecule has 0 aromatic heterocycles. The molecule has 194 valence electrons. The van der Waals surface area contributed by atoms with E-state index in [9.17, 15) is 14.7 Å². The van der Waals surface area contributed by atoms with Gasteiger partial charge < -0.3 is 9.84 Å². The Bertz CT molecular complexity index is 1250. The van der Waals surface area contributed by atoms with Gasteiger partial charge >= 0.3 is 0 Å². The van der Waals surface area contributed by atoms with Crippen LogP contribution in [0.1, 0.15) is 57.9 Å². The molecule has 3 aliphatic rings. The normalized spacial score (nSPS) is 25.6. The lowest BCUT2D eigenvalue weighted by molar-refractivity contribution is -0.122. The monoisotopic (exact) mass is 563 g/mol. The number of phenolic OH excluding ortho intramolecular Hbond substituents is 1. The Morgan fingerprint density at radius 1 is 1.08 bits per heavy atom. The quantitative estimate of drug-likeness (QED) is 0.276. The highest BCUT2D eigenvalue weighted by atomic mass is 79.9. The molecule has 6 heteroatoms. The average Bonchev–Trinajstić information content (AvgIpc) is 3.43. The van der Waals surface area contributed by atoms with Crippen molar-refractivity contribution >= 4 is 39.5 Å². The minimum absolute atomic E-state index is 0.0309. The first-order valence-electron chi connectivity index (χ1n) is 13.4. The van der Waals surface area contributed by atoms with Crippen molar-refractivity contribution in [2.45, 2.75) is 58.5 Å². The summed E-state index contributed by atoms with van der Waals surface area (Å²) in [5.74, 6) is -0.551. The van der Waals surface area contributed by atoms with E-state index in [1.165, 1.54) is 21.6 Å². The number of fused-ring (bicyclic) bond motifs is 3. The summed E-state index contributed by atoms with van der Waals surface area (Å²) in [4.78, 5) is 28.4. The zero-order chi connectivity index (χ0) is 26.1. The van der Waals surface area contributed by atoms with E-state index in [0.717, 1.165) is 42.1 Å². The second-order valence-corrected chi connectivity index (χ2v) is 11.2. The smallest absolute Gasteiger partial charge is 0.238 e. The summed E-state index contributed by atoms with van der Waals surface area (Å²) in [5.41, 5.74) is 5.30. The lowest BCUT2D eigenvalue weighted by atomic mass is 9.69. The number of imide groups is 1. The molecule has 2 aromatic carbocycles. The highest BCUT2D eigenvalue weighted by Crippen LogP contribution is 2.51. The van der Waals surface area contributed by atoms with Crippen LogP contribution in [0, 0.1) is 17.8 Å². The summed E-state index contributed by atoms with van der Waals surface area (Å²) >= 11 is 3.50. The van der Waals surface area contributed by atoms with Crippen LogP contribution in [0.15, 0.2) is 69.7 Å². The molecular weight excluding hydrogens is 530 g/mol. The molecule has 0 unspecified atom stereocenters. The number of aromatic hydroxyl groups is 1. The maximum atomic E-state index is 13.6. The standard InChI is InChI=1S/C31H34BrNO4/c1-3-8-19(15-21-16-22(32)12-13-26(21)34)11-14-27-28-20(4-2)17-24-29(25(28)18-37-27)31(36)33(30(24)35)23-9-6-5-7-10-23/h5-7,9-10,12-13,15-16,24-25,27,29,34H,3-4,8,11,14,17-18H2,1-2H3/b19-15+/t24-,25+,27-,29-/m1/s1. The number of carbonyl (C=O) groups excluding carboxylic acids is 2. The number of hydrogen-bond donors (Lipinski definition) is 1. The fraction of sp³-hybridized carbons (Fsp3) is 0.419. The van der Waals surface area contributed by atoms with Gasteiger partial charge in [0.25, 0.3) is 0 Å². The minimum atomic E-state index is -0.340. The second-order valence-electron chi connectivity index (χ2n) is 10.3. The van der Waals surface area contributed by atoms with Gasteiger partial charge in [0.1, 0.15) is 5.75 Å². The first-order valence-corrected chi connectivity index (χ1v) is 14.2. The molecular formula is C31H34BrNO4. The Kier molecular flexibility index (Phi) is 7.68. The lowest BCUT2D eigenvalue weighted by Gasteiger charge is -2.31. The molecule has 0 saturated carbocycles. The van der Waals surface area contributed by atoms with E-state index in [4.69, 9.17) is 4.74 Å². The molecule has 5 nitrogen and oxygen atoms in total. The Morgan fingerprint density at radius 2 is 1.86 bits per heavy atom. The molecule has 2 heterocycles. The third-order valence-corrected chi connectivity index (χ3v) is 8.59. The summed E-state index contributed by atoms with van der Waals surface area (Å²) in [5, 5.41) is 10.3. The number of amides is 2. The predicted octanol–water partition coefficient (Wildman–Crippen LogP) is 7.05. The molecule has 0 bridgehead atoms. The van der Waals surface area contributed by atoms with Gasteiger partial charge in [-0.15, -0.1) is 0 Å². The number of phenols is 1. The van der Waals surface area contributed by atoms with E-state index >= 15 is 0 Å². The zero-order valence-electron chi connectivity index (χ0n) is 21.5. The number of hydrogen-bond acceptors (Lipinski definition) is 4. The summed E-state index contributed by atoms with van der Waals surface area (Å²) in [6.07, 6.45) is 7.23. The van der Waals surface area contributed by atoms with Crippen molar-refractivity contribution in [3.63, 3.8) is 0 Å². The van der Waals surface area contributed by atoms with Crippen molar-refractivity contribution in [2.75, 3.05) is 11.5 Å². The molecule has 2 aromatic rings. The van der Waals surface area contributed by atoms with Crippen molar-refractivity contribution < 1.29 is 19.4 Å². The summed E-state index contributed by atoms with van der Waals surface area (Å²) < 4.78 is 7.30. The van der Waals surface area contributed by atoms with Gasteiger partial charge in [-0.2, -0.15) is 0 Å². The van der Waals surface area contributed by atoms with E-state index in [0.29, 0.717) is 18.7 Å². The highest BCUT2D eigenvalue weighted by Gasteiger charge is 2.57. The number of benzene rings is 2. The molecule has 2 aliphatic heterocycles. The molecule has 0 radical (unpaired) electrons. The molecule has 1 aliphatic carbocycles. The number of carbonyl (C=O) groups is 2. The maximum absolute atomic E-state index is 13.6. The highest BCUT2D eigenvalue weighted by molar-refractivity contribution is 9.10. The van der Waals surface area contributed by atoms with Gasteiger partial charge in [-0.1, -0.05) is 71.6 Å². The number of ether oxygens (including phenoxy) is 1. The molecule has 4 atom stereocenters. The zero-order valence-corrected chi connectivity index (χ0v) is 23.0. The van der Waals surface area contributed by atoms with Crippen molar-refractivity contribution in [2.24, 2.45) is 17.8 Å². The summed E-state index contributed by atoms with van der Waals surface area (Å²) in [6, 6.07) is 14.8. The molecule has 5 rings (SSSR count). The summed E-state index contributed by atoms with van der Waals surface area (Å²) in [6.45, 7) is 4.80. The minimum Gasteiger partial charge on any atom is -0.507 e. The van der Waals surface area contributed by atoms with Gasteiger partial charge in [0.15, 0.2) is 0 Å². The maximum Gasteiger partial charge on any atom is 0.238 e. The van der Waals surface area contributed by atoms with Crippen LogP contribution in [-0.4, -0.2) is 29.6 Å². The van der Waals surface area contributed by atoms with Gasteiger partial charge in [-0.3, -0.25) is 14.5 Å². The van der Waals surface area contributed by atoms with Gasteiger partial charge in [0, 0.05) is 16.0 Å². The van der Waals surface area contributed by atoms with E-state index in [1.807, 2.05) is 42.5 Å². The van der Waals surface area contributed by atoms with E-state index in [1.54, 1.807) is 6.07 Å². The first kappa shape index (κ1) is 25.9. The summed E-state index contributed by atoms with van der Waals surface area (Å²) in [7, 11) is 0. The van der Waals surface area contributed by atoms with Crippen LogP contribution < -0.4 is 4.90 Å². The predicted molar refractivity (Wildman–Crippen MR) is 149 cm³/mol. The third kappa shape index (κ3) is 4.94. The first-order chi connectivity index (χ1) is 17.9. The van der Waals surface area contributed by atoms with Crippen molar-refractivity contribution in [3.8, 4) is 5.75 Å². The number of rotatable bonds is 8. The van der Waals surface area contributed by atoms with Crippen molar-refractivity contribution in [1.82, 2.24) is 0 Å². The Balaban J connectivity index is 1.37. The Hall–Kier alpha value is -2.70. The fourth-order valence-electron chi connectivity index (χ4n) is 6.41. The molecule has 2 amide bonds. The number of halogens is 1. The Labute approximate surface area is 227 Å². The average molecular weight is 565 g/mol. The molecule has 0 spiro atoms.